The van der Waals surface area contributed by atoms with Gasteiger partial charge in [-0.05, 0) is 12.5 Å². The van der Waals surface area contributed by atoms with Crippen molar-refractivity contribution in [1.29, 1.82) is 0 Å². The normalized spacial score (nSPS) is 22.1. The van der Waals surface area contributed by atoms with E-state index in [1.54, 1.807) is 0 Å². The highest BCUT2D eigenvalue weighted by molar-refractivity contribution is 6.29. The first-order chi connectivity index (χ1) is 9.56. The number of aromatic nitrogens is 1. The number of anilines is 1. The van der Waals surface area contributed by atoms with Crippen LogP contribution in [0.1, 0.15) is 12.8 Å². The molecule has 3 heterocycles. The fourth-order valence-corrected chi connectivity index (χ4v) is 2.99. The first kappa shape index (κ1) is 13.1. The molecule has 0 bridgehead atoms. The van der Waals surface area contributed by atoms with Crippen LogP contribution in [0.15, 0.2) is 12.1 Å². The molecule has 0 aliphatic carbocycles. The predicted octanol–water partition coefficient (Wildman–Crippen LogP) is 1.45. The van der Waals surface area contributed by atoms with Crippen molar-refractivity contribution in [1.82, 2.24) is 9.88 Å². The molecule has 0 aromatic carbocycles. The molecule has 1 atom stereocenters. The van der Waals surface area contributed by atoms with Gasteiger partial charge in [-0.25, -0.2) is 4.98 Å². The van der Waals surface area contributed by atoms with Gasteiger partial charge in [0, 0.05) is 38.2 Å². The second-order valence-corrected chi connectivity index (χ2v) is 5.35. The van der Waals surface area contributed by atoms with E-state index in [1.165, 1.54) is 12.1 Å². The lowest BCUT2D eigenvalue weighted by molar-refractivity contribution is -0.384. The van der Waals surface area contributed by atoms with Crippen LogP contribution in [0.4, 0.5) is 11.5 Å². The van der Waals surface area contributed by atoms with Crippen molar-refractivity contribution in [3.63, 3.8) is 0 Å². The Labute approximate surface area is 120 Å². The number of hydrogen-bond acceptors (Lipinski definition) is 5. The standard InChI is InChI=1S/C12H13ClN4O3/c13-10-3-2-9(17(19)20)12(14-10)15-5-6-16-8(7-15)1-4-11(16)18/h2-3,8H,1,4-7H2. The summed E-state index contributed by atoms with van der Waals surface area (Å²) in [5, 5.41) is 11.3. The molecule has 2 saturated heterocycles. The molecule has 2 aliphatic heterocycles. The van der Waals surface area contributed by atoms with Gasteiger partial charge < -0.3 is 9.80 Å². The van der Waals surface area contributed by atoms with Gasteiger partial charge in [0.25, 0.3) is 0 Å². The second kappa shape index (κ2) is 4.90. The maximum atomic E-state index is 11.6. The van der Waals surface area contributed by atoms with Crippen molar-refractivity contribution >= 4 is 29.0 Å². The molecular formula is C12H13ClN4O3. The van der Waals surface area contributed by atoms with E-state index < -0.39 is 4.92 Å². The van der Waals surface area contributed by atoms with Crippen LogP contribution in [0.3, 0.4) is 0 Å². The van der Waals surface area contributed by atoms with Crippen LogP contribution < -0.4 is 4.90 Å². The fraction of sp³-hybridized carbons (Fsp3) is 0.500. The molecule has 0 N–H and O–H groups in total. The van der Waals surface area contributed by atoms with Crippen molar-refractivity contribution < 1.29 is 9.72 Å². The number of fused-ring (bicyclic) bond motifs is 1. The summed E-state index contributed by atoms with van der Waals surface area (Å²) in [4.78, 5) is 30.1. The van der Waals surface area contributed by atoms with Gasteiger partial charge in [0.15, 0.2) is 0 Å². The van der Waals surface area contributed by atoms with Crippen molar-refractivity contribution in [2.75, 3.05) is 24.5 Å². The van der Waals surface area contributed by atoms with E-state index in [2.05, 4.69) is 4.98 Å². The third-order valence-electron chi connectivity index (χ3n) is 3.81. The van der Waals surface area contributed by atoms with Crippen LogP contribution in [0.25, 0.3) is 0 Å². The Morgan fingerprint density at radius 2 is 2.20 bits per heavy atom. The molecule has 0 spiro atoms. The SMILES string of the molecule is O=C1CCC2CN(c3nc(Cl)ccc3[N+](=O)[O-])CCN12. The molecule has 7 nitrogen and oxygen atoms in total. The topological polar surface area (TPSA) is 79.6 Å². The number of halogens is 1. The number of pyridine rings is 1. The van der Waals surface area contributed by atoms with Crippen LogP contribution in [-0.2, 0) is 4.79 Å². The lowest BCUT2D eigenvalue weighted by Gasteiger charge is -2.37. The minimum Gasteiger partial charge on any atom is -0.347 e. The van der Waals surface area contributed by atoms with Gasteiger partial charge in [-0.1, -0.05) is 11.6 Å². The van der Waals surface area contributed by atoms with Crippen molar-refractivity contribution in [3.8, 4) is 0 Å². The second-order valence-electron chi connectivity index (χ2n) is 4.96. The van der Waals surface area contributed by atoms with Gasteiger partial charge in [-0.2, -0.15) is 0 Å². The van der Waals surface area contributed by atoms with Gasteiger partial charge in [-0.15, -0.1) is 0 Å². The van der Waals surface area contributed by atoms with Crippen LogP contribution in [0.5, 0.6) is 0 Å². The molecule has 2 fully saturated rings. The van der Waals surface area contributed by atoms with E-state index >= 15 is 0 Å². The minimum absolute atomic E-state index is 0.0489. The lowest BCUT2D eigenvalue weighted by atomic mass is 10.1. The molecule has 0 radical (unpaired) electrons. The Morgan fingerprint density at radius 3 is 2.95 bits per heavy atom. The molecule has 8 heteroatoms. The van der Waals surface area contributed by atoms with E-state index in [4.69, 9.17) is 11.6 Å². The van der Waals surface area contributed by atoms with Crippen molar-refractivity contribution in [3.05, 3.63) is 27.4 Å². The number of nitrogens with zero attached hydrogens (tertiary/aromatic N) is 4. The summed E-state index contributed by atoms with van der Waals surface area (Å²) in [6.07, 6.45) is 1.35. The number of carbonyl (C=O) groups excluding carboxylic acids is 1. The summed E-state index contributed by atoms with van der Waals surface area (Å²) in [5.41, 5.74) is -0.0489. The van der Waals surface area contributed by atoms with Gasteiger partial charge in [0.1, 0.15) is 5.15 Å². The van der Waals surface area contributed by atoms with Crippen LogP contribution >= 0.6 is 11.6 Å². The zero-order valence-corrected chi connectivity index (χ0v) is 11.4. The molecule has 0 saturated carbocycles. The molecule has 1 aromatic rings. The fourth-order valence-electron chi connectivity index (χ4n) is 2.85. The number of piperazine rings is 1. The van der Waals surface area contributed by atoms with Gasteiger partial charge in [0.2, 0.25) is 11.7 Å². The van der Waals surface area contributed by atoms with Gasteiger partial charge in [0.05, 0.1) is 4.92 Å². The maximum absolute atomic E-state index is 11.6. The first-order valence-corrected chi connectivity index (χ1v) is 6.79. The third-order valence-corrected chi connectivity index (χ3v) is 4.02. The first-order valence-electron chi connectivity index (χ1n) is 6.41. The van der Waals surface area contributed by atoms with Crippen molar-refractivity contribution in [2.45, 2.75) is 18.9 Å². The largest absolute Gasteiger partial charge is 0.347 e. The molecule has 106 valence electrons. The monoisotopic (exact) mass is 296 g/mol. The molecule has 1 unspecified atom stereocenters. The highest BCUT2D eigenvalue weighted by Gasteiger charge is 2.37. The highest BCUT2D eigenvalue weighted by Crippen LogP contribution is 2.31. The number of nitro groups is 1. The molecular weight excluding hydrogens is 284 g/mol. The summed E-state index contributed by atoms with van der Waals surface area (Å²) in [6.45, 7) is 1.69. The maximum Gasteiger partial charge on any atom is 0.311 e. The summed E-state index contributed by atoms with van der Waals surface area (Å²) in [6, 6.07) is 2.91. The Balaban J connectivity index is 1.89. The Morgan fingerprint density at radius 1 is 1.40 bits per heavy atom. The van der Waals surface area contributed by atoms with Crippen LogP contribution in [-0.4, -0.2) is 46.4 Å². The van der Waals surface area contributed by atoms with Crippen LogP contribution in [0, 0.1) is 10.1 Å². The van der Waals surface area contributed by atoms with E-state index in [0.29, 0.717) is 31.9 Å². The molecule has 20 heavy (non-hydrogen) atoms. The van der Waals surface area contributed by atoms with E-state index in [1.807, 2.05) is 9.80 Å². The number of carbonyl (C=O) groups is 1. The predicted molar refractivity (Wildman–Crippen MR) is 72.8 cm³/mol. The number of rotatable bonds is 2. The summed E-state index contributed by atoms with van der Waals surface area (Å²) in [7, 11) is 0. The summed E-state index contributed by atoms with van der Waals surface area (Å²) >= 11 is 5.85. The van der Waals surface area contributed by atoms with E-state index in [-0.39, 0.29) is 22.8 Å². The summed E-state index contributed by atoms with van der Waals surface area (Å²) < 4.78 is 0. The van der Waals surface area contributed by atoms with Crippen LogP contribution in [0.2, 0.25) is 5.15 Å². The highest BCUT2D eigenvalue weighted by atomic mass is 35.5. The summed E-state index contributed by atoms with van der Waals surface area (Å²) in [5.74, 6) is 0.463. The third kappa shape index (κ3) is 2.18. The van der Waals surface area contributed by atoms with E-state index in [9.17, 15) is 14.9 Å². The van der Waals surface area contributed by atoms with Gasteiger partial charge >= 0.3 is 5.69 Å². The average molecular weight is 297 g/mol. The Hall–Kier alpha value is -1.89. The Bertz CT molecular complexity index is 580. The van der Waals surface area contributed by atoms with Crippen molar-refractivity contribution in [2.24, 2.45) is 0 Å². The zero-order chi connectivity index (χ0) is 14.3. The minimum atomic E-state index is -0.454. The molecule has 2 aliphatic rings. The lowest BCUT2D eigenvalue weighted by Crippen LogP contribution is -2.51. The zero-order valence-electron chi connectivity index (χ0n) is 10.7. The molecule has 3 rings (SSSR count). The smallest absolute Gasteiger partial charge is 0.311 e. The van der Waals surface area contributed by atoms with Gasteiger partial charge in [-0.3, -0.25) is 14.9 Å². The molecule has 1 amide bonds. The average Bonchev–Trinajstić information content (AvgIpc) is 2.79. The Kier molecular flexibility index (Phi) is 3.21. The number of amides is 1. The quantitative estimate of drug-likeness (QED) is 0.469. The molecule has 1 aromatic heterocycles. The van der Waals surface area contributed by atoms with E-state index in [0.717, 1.165) is 6.42 Å². The number of hydrogen-bond donors (Lipinski definition) is 0.